The maximum absolute atomic E-state index is 6.20. The van der Waals surface area contributed by atoms with Gasteiger partial charge in [-0.25, -0.2) is 15.0 Å². The summed E-state index contributed by atoms with van der Waals surface area (Å²) in [6.07, 6.45) is 1.85. The molecule has 228 valence electrons. The molecule has 0 amide bonds. The van der Waals surface area contributed by atoms with Gasteiger partial charge in [-0.1, -0.05) is 115 Å². The van der Waals surface area contributed by atoms with E-state index in [0.29, 0.717) is 17.5 Å². The molecule has 0 aliphatic rings. The van der Waals surface area contributed by atoms with Crippen LogP contribution in [0.2, 0.25) is 0 Å². The van der Waals surface area contributed by atoms with E-state index in [1.165, 1.54) is 21.5 Å². The summed E-state index contributed by atoms with van der Waals surface area (Å²) in [5.74, 6) is 1.84. The van der Waals surface area contributed by atoms with Crippen molar-refractivity contribution in [2.24, 2.45) is 0 Å². The smallest absolute Gasteiger partial charge is 0.165 e. The van der Waals surface area contributed by atoms with Gasteiger partial charge >= 0.3 is 0 Å². The number of benzene rings is 7. The van der Waals surface area contributed by atoms with Gasteiger partial charge in [0.05, 0.1) is 5.69 Å². The zero-order valence-electron chi connectivity index (χ0n) is 26.2. The van der Waals surface area contributed by atoms with E-state index in [1.54, 1.807) is 0 Å². The Bertz CT molecular complexity index is 2800. The predicted octanol–water partition coefficient (Wildman–Crippen LogP) is 11.3. The number of rotatable bonds is 4. The summed E-state index contributed by atoms with van der Waals surface area (Å²) in [4.78, 5) is 19.4. The third-order valence-corrected chi connectivity index (χ3v) is 9.33. The van der Waals surface area contributed by atoms with Crippen molar-refractivity contribution in [2.45, 2.75) is 0 Å². The van der Waals surface area contributed by atoms with Gasteiger partial charge in [0.25, 0.3) is 0 Å². The molecule has 0 saturated heterocycles. The van der Waals surface area contributed by atoms with E-state index in [0.717, 1.165) is 60.7 Å². The number of hydrogen-bond acceptors (Lipinski definition) is 5. The van der Waals surface area contributed by atoms with Crippen LogP contribution >= 0.6 is 0 Å². The van der Waals surface area contributed by atoms with Crippen LogP contribution in [0.25, 0.3) is 99.7 Å². The Kier molecular flexibility index (Phi) is 6.11. The van der Waals surface area contributed by atoms with E-state index in [9.17, 15) is 0 Å². The largest absolute Gasteiger partial charge is 0.456 e. The van der Waals surface area contributed by atoms with Crippen molar-refractivity contribution in [1.29, 1.82) is 0 Å². The first-order valence-corrected chi connectivity index (χ1v) is 16.3. The predicted molar refractivity (Wildman–Crippen MR) is 199 cm³/mol. The first-order chi connectivity index (χ1) is 24.2. The van der Waals surface area contributed by atoms with E-state index < -0.39 is 0 Å². The van der Waals surface area contributed by atoms with Gasteiger partial charge in [0, 0.05) is 39.2 Å². The Morgan fingerprint density at radius 2 is 0.980 bits per heavy atom. The molecular formula is C44H26N4O. The van der Waals surface area contributed by atoms with Crippen molar-refractivity contribution in [3.8, 4) is 45.4 Å². The maximum atomic E-state index is 6.20. The van der Waals surface area contributed by atoms with E-state index in [-0.39, 0.29) is 0 Å². The molecule has 10 rings (SSSR count). The van der Waals surface area contributed by atoms with Crippen LogP contribution in [-0.4, -0.2) is 19.9 Å². The normalized spacial score (nSPS) is 11.7. The van der Waals surface area contributed by atoms with Gasteiger partial charge in [-0.2, -0.15) is 0 Å². The molecule has 0 aliphatic heterocycles. The fraction of sp³-hybridized carbons (Fsp3) is 0. The zero-order valence-corrected chi connectivity index (χ0v) is 26.2. The topological polar surface area (TPSA) is 64.7 Å². The minimum Gasteiger partial charge on any atom is -0.456 e. The Hall–Kier alpha value is -6.72. The number of nitrogens with zero attached hydrogens (tertiary/aromatic N) is 4. The third-order valence-electron chi connectivity index (χ3n) is 9.33. The first kappa shape index (κ1) is 27.4. The van der Waals surface area contributed by atoms with Crippen LogP contribution in [0.1, 0.15) is 0 Å². The lowest BCUT2D eigenvalue weighted by atomic mass is 9.94. The van der Waals surface area contributed by atoms with Gasteiger partial charge < -0.3 is 4.42 Å². The van der Waals surface area contributed by atoms with E-state index >= 15 is 0 Å². The lowest BCUT2D eigenvalue weighted by molar-refractivity contribution is 0.669. The molecule has 0 N–H and O–H groups in total. The SMILES string of the molecule is c1ccc(-c2nc(-c3ccccc3)nc(-c3ccc(-c4ccc5c(ccc6ccc7cc8oc9ccccc9c8cc7c65)c4)nc3)n2)cc1. The summed E-state index contributed by atoms with van der Waals surface area (Å²) in [6, 6.07) is 52.2. The molecule has 3 heterocycles. The molecule has 0 spiro atoms. The van der Waals surface area contributed by atoms with Crippen molar-refractivity contribution in [1.82, 2.24) is 19.9 Å². The summed E-state index contributed by atoms with van der Waals surface area (Å²) >= 11 is 0. The van der Waals surface area contributed by atoms with Crippen LogP contribution in [0.15, 0.2) is 162 Å². The Morgan fingerprint density at radius 3 is 1.67 bits per heavy atom. The molecule has 10 aromatic rings. The van der Waals surface area contributed by atoms with Crippen LogP contribution in [0, 0.1) is 0 Å². The van der Waals surface area contributed by atoms with Crippen molar-refractivity contribution in [3.63, 3.8) is 0 Å². The van der Waals surface area contributed by atoms with Crippen molar-refractivity contribution in [3.05, 3.63) is 158 Å². The van der Waals surface area contributed by atoms with Crippen molar-refractivity contribution in [2.75, 3.05) is 0 Å². The van der Waals surface area contributed by atoms with Gasteiger partial charge in [-0.05, 0) is 68.7 Å². The summed E-state index contributed by atoms with van der Waals surface area (Å²) < 4.78 is 6.20. The number of pyridine rings is 1. The highest BCUT2D eigenvalue weighted by molar-refractivity contribution is 6.23. The van der Waals surface area contributed by atoms with E-state index in [4.69, 9.17) is 24.4 Å². The second-order valence-corrected chi connectivity index (χ2v) is 12.3. The lowest BCUT2D eigenvalue weighted by Gasteiger charge is -2.11. The van der Waals surface area contributed by atoms with Gasteiger partial charge in [0.1, 0.15) is 11.2 Å². The third kappa shape index (κ3) is 4.63. The molecule has 0 aliphatic carbocycles. The molecule has 5 heteroatoms. The van der Waals surface area contributed by atoms with Gasteiger partial charge in [0.2, 0.25) is 0 Å². The maximum Gasteiger partial charge on any atom is 0.165 e. The van der Waals surface area contributed by atoms with Crippen molar-refractivity contribution >= 4 is 54.3 Å². The van der Waals surface area contributed by atoms with Gasteiger partial charge in [0.15, 0.2) is 17.5 Å². The quantitative estimate of drug-likeness (QED) is 0.182. The minimum atomic E-state index is 0.586. The number of para-hydroxylation sites is 1. The molecule has 0 unspecified atom stereocenters. The molecule has 0 fully saturated rings. The lowest BCUT2D eigenvalue weighted by Crippen LogP contribution is -2.00. The summed E-state index contributed by atoms with van der Waals surface area (Å²) in [7, 11) is 0. The summed E-state index contributed by atoms with van der Waals surface area (Å²) in [6.45, 7) is 0. The van der Waals surface area contributed by atoms with Crippen LogP contribution in [0.3, 0.4) is 0 Å². The number of aromatic nitrogens is 4. The Labute approximate surface area is 281 Å². The minimum absolute atomic E-state index is 0.586. The van der Waals surface area contributed by atoms with E-state index in [2.05, 4.69) is 66.7 Å². The molecule has 7 aromatic carbocycles. The van der Waals surface area contributed by atoms with Crippen LogP contribution < -0.4 is 0 Å². The molecule has 0 saturated carbocycles. The van der Waals surface area contributed by atoms with E-state index in [1.807, 2.05) is 91.1 Å². The highest BCUT2D eigenvalue weighted by Gasteiger charge is 2.15. The van der Waals surface area contributed by atoms with Crippen molar-refractivity contribution < 1.29 is 4.42 Å². The van der Waals surface area contributed by atoms with Crippen LogP contribution in [0.4, 0.5) is 0 Å². The summed E-state index contributed by atoms with van der Waals surface area (Å²) in [5, 5.41) is 9.49. The highest BCUT2D eigenvalue weighted by Crippen LogP contribution is 2.38. The Balaban J connectivity index is 1.06. The van der Waals surface area contributed by atoms with Gasteiger partial charge in [-0.15, -0.1) is 0 Å². The molecule has 3 aromatic heterocycles. The second kappa shape index (κ2) is 10.9. The molecule has 0 atom stereocenters. The fourth-order valence-corrected chi connectivity index (χ4v) is 6.90. The Morgan fingerprint density at radius 1 is 0.367 bits per heavy atom. The average molecular weight is 627 g/mol. The monoisotopic (exact) mass is 626 g/mol. The van der Waals surface area contributed by atoms with Crippen LogP contribution in [0.5, 0.6) is 0 Å². The first-order valence-electron chi connectivity index (χ1n) is 16.3. The average Bonchev–Trinajstić information content (AvgIpc) is 3.54. The highest BCUT2D eigenvalue weighted by atomic mass is 16.3. The number of hydrogen-bond donors (Lipinski definition) is 0. The fourth-order valence-electron chi connectivity index (χ4n) is 6.90. The molecule has 0 radical (unpaired) electrons. The van der Waals surface area contributed by atoms with Crippen LogP contribution in [-0.2, 0) is 0 Å². The molecule has 0 bridgehead atoms. The molecule has 5 nitrogen and oxygen atoms in total. The molecule has 49 heavy (non-hydrogen) atoms. The van der Waals surface area contributed by atoms with Gasteiger partial charge in [-0.3, -0.25) is 4.98 Å². The summed E-state index contributed by atoms with van der Waals surface area (Å²) in [5.41, 5.74) is 6.46. The number of furan rings is 1. The second-order valence-electron chi connectivity index (χ2n) is 12.3. The zero-order chi connectivity index (χ0) is 32.3. The molecular weight excluding hydrogens is 601 g/mol. The number of fused-ring (bicyclic) bond motifs is 8. The standard InChI is InChI=1S/C44H26N4O/c1-3-9-28(10-4-1)42-46-43(29-11-5-2-6-12-29)48-44(47-42)33-20-22-38(45-26-33)32-19-21-34-30(23-32)17-15-27-16-18-31-24-40-37(25-36(31)41(27)34)35-13-7-8-14-39(35)49-40/h1-26H.